The maximum atomic E-state index is 12.0. The Balaban J connectivity index is 2.41. The lowest BCUT2D eigenvalue weighted by Crippen LogP contribution is -2.37. The summed E-state index contributed by atoms with van der Waals surface area (Å²) in [6.45, 7) is 5.94. The monoisotopic (exact) mass is 546 g/mol. The summed E-state index contributed by atoms with van der Waals surface area (Å²) in [7, 11) is 5.92. The lowest BCUT2D eigenvalue weighted by atomic mass is 9.77. The summed E-state index contributed by atoms with van der Waals surface area (Å²) >= 11 is 0. The Kier molecular flexibility index (Phi) is 11.5. The number of aliphatic hydroxyl groups is 1. The number of nitro groups is 1. The van der Waals surface area contributed by atoms with Crippen LogP contribution >= 0.6 is 0 Å². The summed E-state index contributed by atoms with van der Waals surface area (Å²) in [6.07, 6.45) is -1.29. The zero-order valence-corrected chi connectivity index (χ0v) is 23.6. The van der Waals surface area contributed by atoms with Gasteiger partial charge in [-0.25, -0.2) is 0 Å². The smallest absolute Gasteiger partial charge is 0.242 e. The third-order valence-corrected chi connectivity index (χ3v) is 6.54. The third kappa shape index (κ3) is 7.15. The van der Waals surface area contributed by atoms with Crippen molar-refractivity contribution < 1.29 is 38.5 Å². The fraction of sp³-hybridized carbons (Fsp3) is 0.536. The molecule has 2 rings (SSSR count). The Morgan fingerprint density at radius 3 is 2.10 bits per heavy atom. The van der Waals surface area contributed by atoms with Gasteiger partial charge in [-0.05, 0) is 57.4 Å². The largest absolute Gasteiger partial charge is 0.493 e. The van der Waals surface area contributed by atoms with E-state index in [1.54, 1.807) is 38.1 Å². The minimum absolute atomic E-state index is 0.0210. The molecular formula is C28H38N2O9. The van der Waals surface area contributed by atoms with Crippen molar-refractivity contribution in [1.82, 2.24) is 0 Å². The predicted molar refractivity (Wildman–Crippen MR) is 144 cm³/mol. The van der Waals surface area contributed by atoms with Gasteiger partial charge in [0.1, 0.15) is 6.10 Å². The zero-order chi connectivity index (χ0) is 29.2. The number of aliphatic hydroxyl groups excluding tert-OH is 1. The predicted octanol–water partition coefficient (Wildman–Crippen LogP) is 4.33. The van der Waals surface area contributed by atoms with Gasteiger partial charge in [0.05, 0.1) is 53.1 Å². The van der Waals surface area contributed by atoms with Crippen molar-refractivity contribution in [2.75, 3.05) is 41.7 Å². The molecule has 0 aromatic heterocycles. The number of methoxy groups -OCH3 is 4. The van der Waals surface area contributed by atoms with Crippen LogP contribution < -0.4 is 28.4 Å². The molecule has 11 nitrogen and oxygen atoms in total. The molecule has 0 fully saturated rings. The number of rotatable bonds is 16. The molecule has 1 N–H and O–H groups in total. The summed E-state index contributed by atoms with van der Waals surface area (Å²) in [5, 5.41) is 33.2. The molecule has 0 heterocycles. The molecular weight excluding hydrogens is 508 g/mol. The van der Waals surface area contributed by atoms with E-state index in [9.17, 15) is 20.5 Å². The summed E-state index contributed by atoms with van der Waals surface area (Å²) < 4.78 is 33.3. The Morgan fingerprint density at radius 2 is 1.59 bits per heavy atom. The van der Waals surface area contributed by atoms with Crippen molar-refractivity contribution in [2.24, 2.45) is 0 Å². The van der Waals surface area contributed by atoms with Gasteiger partial charge in [0, 0.05) is 16.9 Å². The first-order valence-corrected chi connectivity index (χ1v) is 12.6. The third-order valence-electron chi connectivity index (χ3n) is 6.54. The highest BCUT2D eigenvalue weighted by Gasteiger charge is 2.38. The molecule has 39 heavy (non-hydrogen) atoms. The maximum Gasteiger partial charge on any atom is 0.242 e. The van der Waals surface area contributed by atoms with E-state index in [2.05, 4.69) is 6.07 Å². The first kappa shape index (κ1) is 31.3. The molecule has 0 aliphatic carbocycles. The van der Waals surface area contributed by atoms with Gasteiger partial charge >= 0.3 is 0 Å². The van der Waals surface area contributed by atoms with E-state index in [1.165, 1.54) is 28.4 Å². The highest BCUT2D eigenvalue weighted by atomic mass is 16.6. The standard InChI is InChI=1S/C28H38N2O9/c1-8-38-24-16-19(25(39-9-2)27(37-7)26(24)36-6)28(3,17-29)13-12-21(31)20(30(32)33)14-18-10-11-22(34-4)23(15-18)35-5/h10-11,15-16,20-21,31H,8-9,12-14H2,1-7H3. The number of hydrogen-bond acceptors (Lipinski definition) is 10. The fourth-order valence-corrected chi connectivity index (χ4v) is 4.42. The van der Waals surface area contributed by atoms with Crippen LogP contribution in [0, 0.1) is 21.4 Å². The van der Waals surface area contributed by atoms with Gasteiger partial charge in [-0.15, -0.1) is 0 Å². The van der Waals surface area contributed by atoms with Crippen molar-refractivity contribution in [3.8, 4) is 40.6 Å². The van der Waals surface area contributed by atoms with Crippen molar-refractivity contribution in [1.29, 1.82) is 5.26 Å². The van der Waals surface area contributed by atoms with Gasteiger partial charge < -0.3 is 33.5 Å². The summed E-state index contributed by atoms with van der Waals surface area (Å²) in [5.41, 5.74) is -0.129. The number of nitrogens with zero attached hydrogens (tertiary/aromatic N) is 2. The molecule has 2 aromatic rings. The molecule has 0 aliphatic rings. The second-order valence-corrected chi connectivity index (χ2v) is 8.98. The minimum Gasteiger partial charge on any atom is -0.493 e. The van der Waals surface area contributed by atoms with E-state index < -0.39 is 22.5 Å². The van der Waals surface area contributed by atoms with Crippen LogP contribution in [0.25, 0.3) is 0 Å². The maximum absolute atomic E-state index is 12.0. The molecule has 0 aliphatic heterocycles. The van der Waals surface area contributed by atoms with Crippen molar-refractivity contribution in [3.05, 3.63) is 45.5 Å². The van der Waals surface area contributed by atoms with E-state index in [0.29, 0.717) is 53.1 Å². The SMILES string of the molecule is CCOc1cc(C(C)(C#N)CCC(O)C(Cc2ccc(OC)c(OC)c2)[N+](=O)[O-])c(OCC)c(OC)c1OC. The van der Waals surface area contributed by atoms with Crippen LogP contribution in [0.1, 0.15) is 44.7 Å². The Bertz CT molecular complexity index is 1160. The molecule has 0 spiro atoms. The number of nitriles is 1. The van der Waals surface area contributed by atoms with E-state index >= 15 is 0 Å². The normalized spacial score (nSPS) is 13.8. The van der Waals surface area contributed by atoms with E-state index in [-0.39, 0.29) is 25.0 Å². The molecule has 0 saturated carbocycles. The van der Waals surface area contributed by atoms with Crippen LogP contribution in [0.4, 0.5) is 0 Å². The van der Waals surface area contributed by atoms with Crippen molar-refractivity contribution in [2.45, 2.75) is 57.6 Å². The Labute approximate surface area is 229 Å². The number of hydrogen-bond donors (Lipinski definition) is 1. The average Bonchev–Trinajstić information content (AvgIpc) is 2.94. The van der Waals surface area contributed by atoms with Gasteiger partial charge in [-0.1, -0.05) is 6.07 Å². The Hall–Kier alpha value is -3.91. The number of benzene rings is 2. The Morgan fingerprint density at radius 1 is 0.949 bits per heavy atom. The van der Waals surface area contributed by atoms with Crippen LogP contribution in [0.5, 0.6) is 34.5 Å². The van der Waals surface area contributed by atoms with E-state index in [1.807, 2.05) is 6.92 Å². The zero-order valence-electron chi connectivity index (χ0n) is 23.6. The van der Waals surface area contributed by atoms with Crippen LogP contribution in [0.2, 0.25) is 0 Å². The van der Waals surface area contributed by atoms with Gasteiger partial charge in [-0.2, -0.15) is 5.26 Å². The van der Waals surface area contributed by atoms with Crippen LogP contribution in [-0.2, 0) is 11.8 Å². The van der Waals surface area contributed by atoms with Crippen molar-refractivity contribution >= 4 is 0 Å². The second-order valence-electron chi connectivity index (χ2n) is 8.98. The summed E-state index contributed by atoms with van der Waals surface area (Å²) in [4.78, 5) is 11.5. The molecule has 214 valence electrons. The lowest BCUT2D eigenvalue weighted by Gasteiger charge is -2.29. The topological polar surface area (TPSA) is 143 Å². The number of ether oxygens (including phenoxy) is 6. The molecule has 11 heteroatoms. The molecule has 0 radical (unpaired) electrons. The van der Waals surface area contributed by atoms with Gasteiger partial charge in [0.15, 0.2) is 23.0 Å². The van der Waals surface area contributed by atoms with Crippen molar-refractivity contribution in [3.63, 3.8) is 0 Å². The second kappa shape index (κ2) is 14.3. The molecule has 3 unspecified atom stereocenters. The molecule has 0 bridgehead atoms. The molecule has 0 saturated heterocycles. The van der Waals surface area contributed by atoms with Gasteiger partial charge in [0.25, 0.3) is 0 Å². The van der Waals surface area contributed by atoms with Crippen LogP contribution in [-0.4, -0.2) is 63.8 Å². The molecule has 2 aromatic carbocycles. The van der Waals surface area contributed by atoms with Gasteiger partial charge in [0.2, 0.25) is 17.5 Å². The van der Waals surface area contributed by atoms with E-state index in [4.69, 9.17) is 28.4 Å². The first-order chi connectivity index (χ1) is 18.6. The summed E-state index contributed by atoms with van der Waals surface area (Å²) in [5.74, 6) is 2.22. The first-order valence-electron chi connectivity index (χ1n) is 12.6. The molecule has 3 atom stereocenters. The van der Waals surface area contributed by atoms with E-state index in [0.717, 1.165) is 0 Å². The van der Waals surface area contributed by atoms with Crippen LogP contribution in [0.15, 0.2) is 24.3 Å². The quantitative estimate of drug-likeness (QED) is 0.239. The average molecular weight is 547 g/mol. The minimum atomic E-state index is -1.33. The lowest BCUT2D eigenvalue weighted by molar-refractivity contribution is -0.534. The highest BCUT2D eigenvalue weighted by molar-refractivity contribution is 5.65. The van der Waals surface area contributed by atoms with Gasteiger partial charge in [-0.3, -0.25) is 10.1 Å². The molecule has 0 amide bonds. The fourth-order valence-electron chi connectivity index (χ4n) is 4.42. The summed E-state index contributed by atoms with van der Waals surface area (Å²) in [6, 6.07) is 7.67. The highest BCUT2D eigenvalue weighted by Crippen LogP contribution is 2.51. The van der Waals surface area contributed by atoms with Crippen LogP contribution in [0.3, 0.4) is 0 Å².